The summed E-state index contributed by atoms with van der Waals surface area (Å²) in [6.07, 6.45) is 2.31. The third kappa shape index (κ3) is 2.66. The first-order chi connectivity index (χ1) is 9.80. The highest BCUT2D eigenvalue weighted by molar-refractivity contribution is 5.44. The molecule has 1 N–H and O–H groups in total. The fourth-order valence-corrected chi connectivity index (χ4v) is 1.96. The summed E-state index contributed by atoms with van der Waals surface area (Å²) in [5.41, 5.74) is 0. The van der Waals surface area contributed by atoms with Gasteiger partial charge in [0.05, 0.1) is 7.11 Å². The summed E-state index contributed by atoms with van der Waals surface area (Å²) in [6, 6.07) is 9.31. The lowest BCUT2D eigenvalue weighted by Crippen LogP contribution is -2.01. The van der Waals surface area contributed by atoms with E-state index >= 15 is 0 Å². The van der Waals surface area contributed by atoms with Crippen molar-refractivity contribution in [2.45, 2.75) is 18.8 Å². The minimum Gasteiger partial charge on any atom is -0.493 e. The highest BCUT2D eigenvalue weighted by atomic mass is 16.5. The molecule has 0 radical (unpaired) electrons. The maximum absolute atomic E-state index is 5.85. The van der Waals surface area contributed by atoms with Gasteiger partial charge in [0, 0.05) is 19.0 Å². The van der Waals surface area contributed by atoms with Crippen LogP contribution < -0.4 is 14.8 Å². The van der Waals surface area contributed by atoms with Crippen LogP contribution in [0.15, 0.2) is 30.3 Å². The van der Waals surface area contributed by atoms with Crippen molar-refractivity contribution in [3.63, 3.8) is 0 Å². The Balaban J connectivity index is 1.91. The molecule has 2 aromatic rings. The van der Waals surface area contributed by atoms with Crippen molar-refractivity contribution >= 4 is 5.82 Å². The van der Waals surface area contributed by atoms with Crippen molar-refractivity contribution in [1.29, 1.82) is 0 Å². The van der Waals surface area contributed by atoms with Crippen LogP contribution in [0.1, 0.15) is 24.6 Å². The van der Waals surface area contributed by atoms with Crippen LogP contribution in [-0.2, 0) is 0 Å². The highest BCUT2D eigenvalue weighted by Gasteiger charge is 2.27. The molecule has 1 fully saturated rings. The fourth-order valence-electron chi connectivity index (χ4n) is 1.96. The fraction of sp³-hybridized carbons (Fsp3) is 0.333. The molecule has 0 unspecified atom stereocenters. The van der Waals surface area contributed by atoms with Gasteiger partial charge in [-0.05, 0) is 25.0 Å². The van der Waals surface area contributed by atoms with Crippen molar-refractivity contribution in [3.05, 3.63) is 36.2 Å². The molecular weight excluding hydrogens is 254 g/mol. The number of rotatable bonds is 5. The molecule has 104 valence electrons. The van der Waals surface area contributed by atoms with Gasteiger partial charge in [-0.15, -0.1) is 0 Å². The van der Waals surface area contributed by atoms with Gasteiger partial charge in [-0.3, -0.25) is 0 Å². The monoisotopic (exact) mass is 271 g/mol. The topological polar surface area (TPSA) is 56.3 Å². The van der Waals surface area contributed by atoms with Crippen LogP contribution in [0.2, 0.25) is 0 Å². The SMILES string of the molecule is CNc1cc(Oc2ccccc2OC)nc(C2CC2)n1. The molecule has 1 saturated carbocycles. The molecule has 1 aromatic heterocycles. The van der Waals surface area contributed by atoms with E-state index in [1.54, 1.807) is 13.2 Å². The Bertz CT molecular complexity index is 612. The first-order valence-electron chi connectivity index (χ1n) is 6.67. The number of methoxy groups -OCH3 is 1. The first kappa shape index (κ1) is 12.7. The Labute approximate surface area is 118 Å². The standard InChI is InChI=1S/C15H17N3O2/c1-16-13-9-14(18-15(17-13)10-7-8-10)20-12-6-4-3-5-11(12)19-2/h3-6,9-10H,7-8H2,1-2H3,(H,16,17,18). The van der Waals surface area contributed by atoms with Gasteiger partial charge in [0.2, 0.25) is 5.88 Å². The van der Waals surface area contributed by atoms with E-state index in [0.29, 0.717) is 23.3 Å². The maximum atomic E-state index is 5.85. The molecule has 3 rings (SSSR count). The molecule has 0 aliphatic heterocycles. The summed E-state index contributed by atoms with van der Waals surface area (Å²) < 4.78 is 11.1. The number of nitrogens with one attached hydrogen (secondary N) is 1. The molecule has 0 bridgehead atoms. The van der Waals surface area contributed by atoms with E-state index < -0.39 is 0 Å². The summed E-state index contributed by atoms with van der Waals surface area (Å²) in [5.74, 6) is 3.97. The molecule has 20 heavy (non-hydrogen) atoms. The number of hydrogen-bond acceptors (Lipinski definition) is 5. The minimum absolute atomic E-state index is 0.475. The zero-order valence-corrected chi connectivity index (χ0v) is 11.6. The molecular formula is C15H17N3O2. The molecule has 0 saturated heterocycles. The summed E-state index contributed by atoms with van der Waals surface area (Å²) in [6.45, 7) is 0. The molecule has 0 spiro atoms. The lowest BCUT2D eigenvalue weighted by Gasteiger charge is -2.11. The van der Waals surface area contributed by atoms with E-state index in [1.807, 2.05) is 31.3 Å². The summed E-state index contributed by atoms with van der Waals surface area (Å²) >= 11 is 0. The average Bonchev–Trinajstić information content (AvgIpc) is 3.32. The number of hydrogen-bond donors (Lipinski definition) is 1. The van der Waals surface area contributed by atoms with E-state index in [9.17, 15) is 0 Å². The Morgan fingerprint density at radius 3 is 2.55 bits per heavy atom. The Morgan fingerprint density at radius 1 is 1.15 bits per heavy atom. The molecule has 5 nitrogen and oxygen atoms in total. The number of para-hydroxylation sites is 2. The van der Waals surface area contributed by atoms with Crippen molar-refractivity contribution in [1.82, 2.24) is 9.97 Å². The quantitative estimate of drug-likeness (QED) is 0.905. The molecule has 1 aliphatic rings. The van der Waals surface area contributed by atoms with Crippen LogP contribution in [0.3, 0.4) is 0 Å². The maximum Gasteiger partial charge on any atom is 0.224 e. The molecule has 0 atom stereocenters. The van der Waals surface area contributed by atoms with Crippen molar-refractivity contribution in [3.8, 4) is 17.4 Å². The van der Waals surface area contributed by atoms with Crippen molar-refractivity contribution in [2.24, 2.45) is 0 Å². The second kappa shape index (κ2) is 5.36. The largest absolute Gasteiger partial charge is 0.493 e. The Hall–Kier alpha value is -2.30. The van der Waals surface area contributed by atoms with Crippen LogP contribution in [0.4, 0.5) is 5.82 Å². The van der Waals surface area contributed by atoms with Gasteiger partial charge in [0.25, 0.3) is 0 Å². The van der Waals surface area contributed by atoms with E-state index in [1.165, 1.54) is 0 Å². The number of nitrogens with zero attached hydrogens (tertiary/aromatic N) is 2. The van der Waals surface area contributed by atoms with E-state index in [2.05, 4.69) is 15.3 Å². The van der Waals surface area contributed by atoms with Crippen molar-refractivity contribution < 1.29 is 9.47 Å². The zero-order valence-electron chi connectivity index (χ0n) is 11.6. The predicted octanol–water partition coefficient (Wildman–Crippen LogP) is 3.20. The van der Waals surface area contributed by atoms with Crippen LogP contribution in [0.5, 0.6) is 17.4 Å². The summed E-state index contributed by atoms with van der Waals surface area (Å²) in [4.78, 5) is 8.95. The van der Waals surface area contributed by atoms with Gasteiger partial charge in [0.1, 0.15) is 11.6 Å². The van der Waals surface area contributed by atoms with Gasteiger partial charge < -0.3 is 14.8 Å². The third-order valence-corrected chi connectivity index (χ3v) is 3.20. The van der Waals surface area contributed by atoms with Gasteiger partial charge in [-0.2, -0.15) is 4.98 Å². The lowest BCUT2D eigenvalue weighted by atomic mass is 10.3. The van der Waals surface area contributed by atoms with Crippen LogP contribution >= 0.6 is 0 Å². The first-order valence-corrected chi connectivity index (χ1v) is 6.67. The number of anilines is 1. The minimum atomic E-state index is 0.475. The number of benzene rings is 1. The molecule has 1 aromatic carbocycles. The smallest absolute Gasteiger partial charge is 0.224 e. The van der Waals surface area contributed by atoms with Gasteiger partial charge in [-0.25, -0.2) is 4.98 Å². The Morgan fingerprint density at radius 2 is 1.90 bits per heavy atom. The Kier molecular flexibility index (Phi) is 3.41. The molecule has 1 heterocycles. The predicted molar refractivity (Wildman–Crippen MR) is 76.6 cm³/mol. The van der Waals surface area contributed by atoms with Crippen LogP contribution in [-0.4, -0.2) is 24.1 Å². The van der Waals surface area contributed by atoms with E-state index in [4.69, 9.17) is 9.47 Å². The second-order valence-corrected chi connectivity index (χ2v) is 4.73. The lowest BCUT2D eigenvalue weighted by molar-refractivity contribution is 0.373. The highest BCUT2D eigenvalue weighted by Crippen LogP contribution is 2.39. The van der Waals surface area contributed by atoms with Crippen LogP contribution in [0.25, 0.3) is 0 Å². The summed E-state index contributed by atoms with van der Waals surface area (Å²) in [7, 11) is 3.46. The van der Waals surface area contributed by atoms with Gasteiger partial charge in [-0.1, -0.05) is 12.1 Å². The van der Waals surface area contributed by atoms with Gasteiger partial charge >= 0.3 is 0 Å². The summed E-state index contributed by atoms with van der Waals surface area (Å²) in [5, 5.41) is 3.04. The average molecular weight is 271 g/mol. The second-order valence-electron chi connectivity index (χ2n) is 4.73. The zero-order chi connectivity index (χ0) is 13.9. The molecule has 0 amide bonds. The van der Waals surface area contributed by atoms with Crippen molar-refractivity contribution in [2.75, 3.05) is 19.5 Å². The normalized spacial score (nSPS) is 13.9. The third-order valence-electron chi connectivity index (χ3n) is 3.20. The molecule has 5 heteroatoms. The van der Waals surface area contributed by atoms with E-state index in [0.717, 1.165) is 24.5 Å². The number of ether oxygens (including phenoxy) is 2. The van der Waals surface area contributed by atoms with E-state index in [-0.39, 0.29) is 0 Å². The number of aromatic nitrogens is 2. The van der Waals surface area contributed by atoms with Crippen LogP contribution in [0, 0.1) is 0 Å². The van der Waals surface area contributed by atoms with Gasteiger partial charge in [0.15, 0.2) is 11.5 Å². The molecule has 1 aliphatic carbocycles.